The molecule has 1 aromatic heterocycles. The van der Waals surface area contributed by atoms with Crippen molar-refractivity contribution in [3.63, 3.8) is 0 Å². The largest absolute Gasteiger partial charge is 0.428 e. The van der Waals surface area contributed by atoms with E-state index in [0.29, 0.717) is 53.5 Å². The first-order chi connectivity index (χ1) is 17.5. The zero-order valence-corrected chi connectivity index (χ0v) is 20.0. The summed E-state index contributed by atoms with van der Waals surface area (Å²) >= 11 is 0. The molecule has 5 rings (SSSR count). The lowest BCUT2D eigenvalue weighted by Gasteiger charge is -2.43. The number of H-pyrrole nitrogens is 1. The number of aromatic amines is 1. The fourth-order valence-corrected chi connectivity index (χ4v) is 4.66. The molecule has 2 aromatic rings. The molecule has 36 heavy (non-hydrogen) atoms. The number of anilines is 1. The number of aromatic nitrogens is 3. The van der Waals surface area contributed by atoms with Crippen molar-refractivity contribution in [2.24, 2.45) is 15.9 Å². The van der Waals surface area contributed by atoms with Gasteiger partial charge in [-0.2, -0.15) is 9.99 Å². The minimum absolute atomic E-state index is 0.0378. The van der Waals surface area contributed by atoms with Crippen LogP contribution in [-0.2, 0) is 0 Å². The Bertz CT molecular complexity index is 1580. The van der Waals surface area contributed by atoms with Gasteiger partial charge >= 0.3 is 0 Å². The van der Waals surface area contributed by atoms with Gasteiger partial charge in [-0.25, -0.2) is 9.98 Å². The van der Waals surface area contributed by atoms with Crippen molar-refractivity contribution in [1.29, 1.82) is 5.26 Å². The van der Waals surface area contributed by atoms with E-state index in [0.717, 1.165) is 10.3 Å². The number of benzene rings is 2. The van der Waals surface area contributed by atoms with E-state index in [2.05, 4.69) is 33.7 Å². The predicted molar refractivity (Wildman–Crippen MR) is 137 cm³/mol. The number of fused-ring (bicyclic) bond motifs is 2. The van der Waals surface area contributed by atoms with Gasteiger partial charge in [-0.3, -0.25) is 9.78 Å². The zero-order valence-electron chi connectivity index (χ0n) is 20.0. The second-order valence-electron chi connectivity index (χ2n) is 9.04. The van der Waals surface area contributed by atoms with Gasteiger partial charge in [0.05, 0.1) is 28.0 Å². The van der Waals surface area contributed by atoms with Gasteiger partial charge in [0.15, 0.2) is 0 Å². The van der Waals surface area contributed by atoms with Crippen molar-refractivity contribution in [2.75, 3.05) is 24.5 Å². The second-order valence-corrected chi connectivity index (χ2v) is 9.04. The van der Waals surface area contributed by atoms with Gasteiger partial charge in [0.1, 0.15) is 0 Å². The van der Waals surface area contributed by atoms with Crippen molar-refractivity contribution in [1.82, 2.24) is 19.6 Å². The van der Waals surface area contributed by atoms with Crippen LogP contribution in [-0.4, -0.2) is 56.4 Å². The molecule has 1 fully saturated rings. The molecule has 0 bridgehead atoms. The molecule has 3 aliphatic rings. The number of nitrogens with zero attached hydrogens (tertiary/aromatic N) is 7. The van der Waals surface area contributed by atoms with E-state index >= 15 is 0 Å². The van der Waals surface area contributed by atoms with Gasteiger partial charge < -0.3 is 15.0 Å². The molecule has 1 atom stereocenters. The number of para-hydroxylation sites is 1. The molecular weight excluding hydrogens is 456 g/mol. The topological polar surface area (TPSA) is 126 Å². The lowest BCUT2D eigenvalue weighted by molar-refractivity contribution is 0.189. The van der Waals surface area contributed by atoms with Crippen molar-refractivity contribution in [2.45, 2.75) is 19.9 Å². The number of pyridine rings is 1. The fourth-order valence-electron chi connectivity index (χ4n) is 4.66. The van der Waals surface area contributed by atoms with Gasteiger partial charge in [0, 0.05) is 31.4 Å². The second kappa shape index (κ2) is 9.54. The van der Waals surface area contributed by atoms with Crippen molar-refractivity contribution >= 4 is 22.8 Å². The minimum atomic E-state index is -0.169. The third kappa shape index (κ3) is 4.27. The lowest BCUT2D eigenvalue weighted by Crippen LogP contribution is -2.57. The predicted octanol–water partition coefficient (Wildman–Crippen LogP) is 2.65. The van der Waals surface area contributed by atoms with E-state index in [9.17, 15) is 15.3 Å². The molecule has 10 heteroatoms. The first kappa shape index (κ1) is 23.1. The highest BCUT2D eigenvalue weighted by molar-refractivity contribution is 5.83. The van der Waals surface area contributed by atoms with Crippen LogP contribution in [0.5, 0.6) is 0 Å². The van der Waals surface area contributed by atoms with Crippen LogP contribution < -0.4 is 15.8 Å². The molecule has 1 aliphatic carbocycles. The number of nitrogens with one attached hydrogen (secondary N) is 1. The molecule has 3 heterocycles. The summed E-state index contributed by atoms with van der Waals surface area (Å²) in [5, 5.41) is 20.8. The molecule has 1 aromatic carbocycles. The minimum Gasteiger partial charge on any atom is -0.428 e. The monoisotopic (exact) mass is 482 g/mol. The SMILES string of the molecule is CC(C)C1CN(c2nc3ccccc3c(=O)[nH]2)CCN1C(=NC#N)N=c1cccc2n(O)cccc1-2. The Hall–Kier alpha value is -4.65. The van der Waals surface area contributed by atoms with Gasteiger partial charge in [0.25, 0.3) is 5.56 Å². The van der Waals surface area contributed by atoms with Crippen LogP contribution in [0.25, 0.3) is 22.2 Å². The van der Waals surface area contributed by atoms with Gasteiger partial charge in [-0.05, 0) is 42.3 Å². The van der Waals surface area contributed by atoms with Crippen LogP contribution in [0.1, 0.15) is 13.8 Å². The number of guanidine groups is 1. The average Bonchev–Trinajstić information content (AvgIpc) is 2.88. The van der Waals surface area contributed by atoms with E-state index < -0.39 is 0 Å². The Morgan fingerprint density at radius 2 is 2.00 bits per heavy atom. The number of hydrogen-bond donors (Lipinski definition) is 2. The van der Waals surface area contributed by atoms with Crippen LogP contribution in [0.15, 0.2) is 75.6 Å². The standard InChI is InChI=1S/C26H26N8O2/c1-17(2)23-15-32(26-30-21-9-4-3-7-19(21)24(35)31-26)13-14-33(23)25(28-16-27)29-20-10-5-11-22-18(20)8-6-12-34(22)36/h3-12,17,23,36H,13-15H2,1-2H3,(H,30,31,35). The number of nitriles is 1. The van der Waals surface area contributed by atoms with Crippen molar-refractivity contribution in [3.05, 3.63) is 76.5 Å². The molecule has 182 valence electrons. The van der Waals surface area contributed by atoms with Crippen LogP contribution in [0.2, 0.25) is 0 Å². The summed E-state index contributed by atoms with van der Waals surface area (Å²) in [6, 6.07) is 16.3. The molecule has 1 saturated heterocycles. The van der Waals surface area contributed by atoms with E-state index in [1.54, 1.807) is 30.5 Å². The Labute approximate surface area is 207 Å². The smallest absolute Gasteiger partial charge is 0.260 e. The van der Waals surface area contributed by atoms with Crippen LogP contribution in [0.4, 0.5) is 5.95 Å². The quantitative estimate of drug-likeness (QED) is 0.196. The van der Waals surface area contributed by atoms with Gasteiger partial charge in [-0.15, -0.1) is 4.99 Å². The van der Waals surface area contributed by atoms with Crippen molar-refractivity contribution < 1.29 is 5.21 Å². The molecule has 1 unspecified atom stereocenters. The molecule has 10 nitrogen and oxygen atoms in total. The highest BCUT2D eigenvalue weighted by Gasteiger charge is 2.32. The fraction of sp³-hybridized carbons (Fsp3) is 0.269. The number of aliphatic imine (C=N–C) groups is 1. The summed E-state index contributed by atoms with van der Waals surface area (Å²) in [5.41, 5.74) is 1.83. The highest BCUT2D eigenvalue weighted by atomic mass is 16.5. The Kier molecular flexibility index (Phi) is 6.12. The molecule has 2 aliphatic heterocycles. The molecule has 2 N–H and O–H groups in total. The summed E-state index contributed by atoms with van der Waals surface area (Å²) in [6.45, 7) is 5.89. The van der Waals surface area contributed by atoms with E-state index in [-0.39, 0.29) is 17.5 Å². The summed E-state index contributed by atoms with van der Waals surface area (Å²) in [5.74, 6) is 1.05. The van der Waals surface area contributed by atoms with Gasteiger partial charge in [0.2, 0.25) is 18.1 Å². The summed E-state index contributed by atoms with van der Waals surface area (Å²) in [4.78, 5) is 33.2. The number of rotatable bonds is 2. The summed E-state index contributed by atoms with van der Waals surface area (Å²) in [6.07, 6.45) is 3.45. The van der Waals surface area contributed by atoms with Gasteiger partial charge in [-0.1, -0.05) is 32.0 Å². The maximum atomic E-state index is 12.6. The molecular formula is C26H26N8O2. The third-order valence-corrected chi connectivity index (χ3v) is 6.51. The van der Waals surface area contributed by atoms with E-state index in [1.807, 2.05) is 41.4 Å². The maximum Gasteiger partial charge on any atom is 0.260 e. The van der Waals surface area contributed by atoms with E-state index in [4.69, 9.17) is 4.99 Å². The number of piperazine rings is 1. The average molecular weight is 483 g/mol. The van der Waals surface area contributed by atoms with Crippen LogP contribution in [0.3, 0.4) is 0 Å². The molecule has 0 spiro atoms. The Morgan fingerprint density at radius 3 is 2.81 bits per heavy atom. The maximum absolute atomic E-state index is 12.6. The van der Waals surface area contributed by atoms with Crippen molar-refractivity contribution in [3.8, 4) is 17.5 Å². The third-order valence-electron chi connectivity index (χ3n) is 6.51. The van der Waals surface area contributed by atoms with Crippen LogP contribution >= 0.6 is 0 Å². The van der Waals surface area contributed by atoms with Crippen LogP contribution in [0, 0.1) is 17.4 Å². The first-order valence-electron chi connectivity index (χ1n) is 11.8. The lowest BCUT2D eigenvalue weighted by atomic mass is 10.00. The zero-order chi connectivity index (χ0) is 25.2. The molecule has 0 saturated carbocycles. The molecule has 0 radical (unpaired) electrons. The Morgan fingerprint density at radius 1 is 1.17 bits per heavy atom. The normalized spacial score (nSPS) is 17.2. The Balaban J connectivity index is 1.50. The summed E-state index contributed by atoms with van der Waals surface area (Å²) in [7, 11) is 0. The molecule has 0 amide bonds. The first-order valence-corrected chi connectivity index (χ1v) is 11.8. The highest BCUT2D eigenvalue weighted by Crippen LogP contribution is 2.22. The van der Waals surface area contributed by atoms with E-state index in [1.165, 1.54) is 0 Å². The number of hydrogen-bond acceptors (Lipinski definition) is 6. The summed E-state index contributed by atoms with van der Waals surface area (Å²) < 4.78 is 1.04.